The molecule has 0 amide bonds. The predicted octanol–water partition coefficient (Wildman–Crippen LogP) is 0.637. The van der Waals surface area contributed by atoms with Crippen LogP contribution in [0, 0.1) is 6.92 Å². The van der Waals surface area contributed by atoms with Gasteiger partial charge in [0.25, 0.3) is 0 Å². The van der Waals surface area contributed by atoms with Crippen molar-refractivity contribution >= 4 is 5.97 Å². The lowest BCUT2D eigenvalue weighted by Crippen LogP contribution is -2.23. The second-order valence-corrected chi connectivity index (χ2v) is 2.61. The molecule has 0 saturated carbocycles. The van der Waals surface area contributed by atoms with Crippen LogP contribution in [0.25, 0.3) is 0 Å². The smallest absolute Gasteiger partial charge is 0.344 e. The van der Waals surface area contributed by atoms with Crippen LogP contribution < -0.4 is 4.74 Å². The van der Waals surface area contributed by atoms with Crippen molar-refractivity contribution in [2.75, 3.05) is 0 Å². The molecule has 1 aromatic heterocycles. The van der Waals surface area contributed by atoms with E-state index >= 15 is 0 Å². The molecule has 1 unspecified atom stereocenters. The molecule has 0 spiro atoms. The number of ether oxygens (including phenoxy) is 1. The van der Waals surface area contributed by atoms with Gasteiger partial charge in [-0.1, -0.05) is 0 Å². The predicted molar refractivity (Wildman–Crippen MR) is 44.5 cm³/mol. The van der Waals surface area contributed by atoms with Crippen LogP contribution in [0.2, 0.25) is 0 Å². The van der Waals surface area contributed by atoms with Gasteiger partial charge < -0.3 is 9.84 Å². The zero-order valence-corrected chi connectivity index (χ0v) is 7.39. The Hall–Kier alpha value is -1.65. The van der Waals surface area contributed by atoms with Gasteiger partial charge in [-0.2, -0.15) is 5.10 Å². The summed E-state index contributed by atoms with van der Waals surface area (Å²) < 4.78 is 4.96. The molecule has 1 rings (SSSR count). The number of carboxylic acids is 1. The average Bonchev–Trinajstić information content (AvgIpc) is 2.08. The van der Waals surface area contributed by atoms with Gasteiger partial charge in [0.1, 0.15) is 0 Å². The van der Waals surface area contributed by atoms with Crippen molar-refractivity contribution in [1.82, 2.24) is 10.2 Å². The Balaban J connectivity index is 2.64. The number of carbonyl (C=O) groups is 1. The lowest BCUT2D eigenvalue weighted by Gasteiger charge is -2.07. The van der Waals surface area contributed by atoms with Crippen LogP contribution in [0.5, 0.6) is 5.88 Å². The van der Waals surface area contributed by atoms with Gasteiger partial charge in [-0.25, -0.2) is 4.79 Å². The summed E-state index contributed by atoms with van der Waals surface area (Å²) in [6, 6.07) is 3.29. The van der Waals surface area contributed by atoms with Gasteiger partial charge in [0.05, 0.1) is 5.69 Å². The molecule has 1 atom stereocenters. The van der Waals surface area contributed by atoms with Crippen LogP contribution >= 0.6 is 0 Å². The topological polar surface area (TPSA) is 72.3 Å². The Morgan fingerprint density at radius 1 is 1.54 bits per heavy atom. The van der Waals surface area contributed by atoms with Gasteiger partial charge in [0.15, 0.2) is 6.10 Å². The van der Waals surface area contributed by atoms with E-state index < -0.39 is 12.1 Å². The maximum Gasteiger partial charge on any atom is 0.344 e. The molecule has 0 radical (unpaired) electrons. The molecule has 0 aliphatic heterocycles. The first-order valence-corrected chi connectivity index (χ1v) is 3.79. The number of carboxylic acid groups (broad SMARTS) is 1. The SMILES string of the molecule is Cc1ccc(OC(C)C(=O)O)nn1. The number of aryl methyl sites for hydroxylation is 1. The van der Waals surface area contributed by atoms with E-state index in [2.05, 4.69) is 10.2 Å². The average molecular weight is 182 g/mol. The fourth-order valence-electron chi connectivity index (χ4n) is 0.681. The summed E-state index contributed by atoms with van der Waals surface area (Å²) in [6.45, 7) is 3.22. The minimum absolute atomic E-state index is 0.223. The minimum Gasteiger partial charge on any atom is -0.479 e. The fourth-order valence-corrected chi connectivity index (χ4v) is 0.681. The Morgan fingerprint density at radius 3 is 2.69 bits per heavy atom. The normalized spacial score (nSPS) is 12.2. The molecule has 0 aromatic carbocycles. The van der Waals surface area contributed by atoms with Gasteiger partial charge in [0.2, 0.25) is 5.88 Å². The first-order chi connectivity index (χ1) is 6.09. The zero-order chi connectivity index (χ0) is 9.84. The summed E-state index contributed by atoms with van der Waals surface area (Å²) in [6.07, 6.45) is -0.906. The Morgan fingerprint density at radius 2 is 2.23 bits per heavy atom. The van der Waals surface area contributed by atoms with Crippen molar-refractivity contribution in [3.05, 3.63) is 17.8 Å². The van der Waals surface area contributed by atoms with Crippen LogP contribution in [-0.4, -0.2) is 27.4 Å². The second kappa shape index (κ2) is 3.84. The summed E-state index contributed by atoms with van der Waals surface area (Å²) in [4.78, 5) is 10.4. The van der Waals surface area contributed by atoms with Crippen molar-refractivity contribution < 1.29 is 14.6 Å². The highest BCUT2D eigenvalue weighted by molar-refractivity contribution is 5.72. The molecule has 0 aliphatic rings. The molecule has 0 saturated heterocycles. The van der Waals surface area contributed by atoms with Crippen molar-refractivity contribution in [2.45, 2.75) is 20.0 Å². The summed E-state index contributed by atoms with van der Waals surface area (Å²) in [5.74, 6) is -0.803. The fraction of sp³-hybridized carbons (Fsp3) is 0.375. The van der Waals surface area contributed by atoms with Crippen LogP contribution in [0.4, 0.5) is 0 Å². The first kappa shape index (κ1) is 9.44. The number of aromatic nitrogens is 2. The molecule has 5 heteroatoms. The number of hydrogen-bond donors (Lipinski definition) is 1. The number of hydrogen-bond acceptors (Lipinski definition) is 4. The van der Waals surface area contributed by atoms with Crippen LogP contribution in [0.1, 0.15) is 12.6 Å². The largest absolute Gasteiger partial charge is 0.479 e. The zero-order valence-electron chi connectivity index (χ0n) is 7.39. The van der Waals surface area contributed by atoms with Crippen molar-refractivity contribution in [3.8, 4) is 5.88 Å². The summed E-state index contributed by atoms with van der Waals surface area (Å²) in [5, 5.41) is 15.9. The lowest BCUT2D eigenvalue weighted by molar-refractivity contribution is -0.144. The van der Waals surface area contributed by atoms with E-state index in [0.717, 1.165) is 5.69 Å². The highest BCUT2D eigenvalue weighted by atomic mass is 16.5. The lowest BCUT2D eigenvalue weighted by atomic mass is 10.4. The Bertz CT molecular complexity index is 297. The third-order valence-electron chi connectivity index (χ3n) is 1.42. The molecule has 1 aromatic rings. The molecule has 5 nitrogen and oxygen atoms in total. The quantitative estimate of drug-likeness (QED) is 0.742. The number of nitrogens with zero attached hydrogens (tertiary/aromatic N) is 2. The highest BCUT2D eigenvalue weighted by Crippen LogP contribution is 2.06. The van der Waals surface area contributed by atoms with Crippen molar-refractivity contribution in [3.63, 3.8) is 0 Å². The van der Waals surface area contributed by atoms with E-state index in [1.165, 1.54) is 6.92 Å². The minimum atomic E-state index is -1.03. The van der Waals surface area contributed by atoms with Gasteiger partial charge in [0, 0.05) is 6.07 Å². The third kappa shape index (κ3) is 2.70. The number of aliphatic carboxylic acids is 1. The van der Waals surface area contributed by atoms with Crippen molar-refractivity contribution in [1.29, 1.82) is 0 Å². The van der Waals surface area contributed by atoms with Gasteiger partial charge >= 0.3 is 5.97 Å². The van der Waals surface area contributed by atoms with E-state index in [-0.39, 0.29) is 5.88 Å². The molecule has 1 N–H and O–H groups in total. The Labute approximate surface area is 75.4 Å². The molecule has 13 heavy (non-hydrogen) atoms. The van der Waals surface area contributed by atoms with Crippen LogP contribution in [-0.2, 0) is 4.79 Å². The molecule has 1 heterocycles. The molecule has 70 valence electrons. The van der Waals surface area contributed by atoms with Gasteiger partial charge in [-0.15, -0.1) is 5.10 Å². The standard InChI is InChI=1S/C8H10N2O3/c1-5-3-4-7(10-9-5)13-6(2)8(11)12/h3-4,6H,1-2H3,(H,11,12). The van der Waals surface area contributed by atoms with E-state index in [1.54, 1.807) is 19.1 Å². The monoisotopic (exact) mass is 182 g/mol. The summed E-state index contributed by atoms with van der Waals surface area (Å²) in [7, 11) is 0. The van der Waals surface area contributed by atoms with E-state index in [0.29, 0.717) is 0 Å². The molecule has 0 bridgehead atoms. The van der Waals surface area contributed by atoms with Gasteiger partial charge in [-0.3, -0.25) is 0 Å². The molecular formula is C8H10N2O3. The van der Waals surface area contributed by atoms with Gasteiger partial charge in [-0.05, 0) is 19.9 Å². The third-order valence-corrected chi connectivity index (χ3v) is 1.42. The highest BCUT2D eigenvalue weighted by Gasteiger charge is 2.12. The summed E-state index contributed by atoms with van der Waals surface area (Å²) in [5.41, 5.74) is 0.760. The first-order valence-electron chi connectivity index (χ1n) is 3.79. The maximum absolute atomic E-state index is 10.4. The van der Waals surface area contributed by atoms with E-state index in [1.807, 2.05) is 0 Å². The number of rotatable bonds is 3. The van der Waals surface area contributed by atoms with E-state index in [9.17, 15) is 4.79 Å². The van der Waals surface area contributed by atoms with Crippen LogP contribution in [0.3, 0.4) is 0 Å². The van der Waals surface area contributed by atoms with Crippen molar-refractivity contribution in [2.24, 2.45) is 0 Å². The van der Waals surface area contributed by atoms with E-state index in [4.69, 9.17) is 9.84 Å². The summed E-state index contributed by atoms with van der Waals surface area (Å²) >= 11 is 0. The van der Waals surface area contributed by atoms with Crippen LogP contribution in [0.15, 0.2) is 12.1 Å². The Kier molecular flexibility index (Phi) is 2.79. The maximum atomic E-state index is 10.4. The molecular weight excluding hydrogens is 172 g/mol. The second-order valence-electron chi connectivity index (χ2n) is 2.61. The molecule has 0 aliphatic carbocycles. The molecule has 0 fully saturated rings.